The zero-order valence-corrected chi connectivity index (χ0v) is 14.7. The molecule has 0 radical (unpaired) electrons. The van der Waals surface area contributed by atoms with Crippen molar-refractivity contribution in [3.05, 3.63) is 58.7 Å². The maximum absolute atomic E-state index is 9.74. The van der Waals surface area contributed by atoms with E-state index in [9.17, 15) is 5.26 Å². The molecule has 0 atom stereocenters. The van der Waals surface area contributed by atoms with Crippen LogP contribution in [-0.4, -0.2) is 11.8 Å². The number of pyridine rings is 1. The summed E-state index contributed by atoms with van der Waals surface area (Å²) in [5, 5.41) is 10.2. The van der Waals surface area contributed by atoms with Crippen LogP contribution in [0.2, 0.25) is 5.02 Å². The maximum atomic E-state index is 9.74. The normalized spacial score (nSPS) is 12.0. The molecule has 0 spiro atoms. The van der Waals surface area contributed by atoms with Crippen LogP contribution in [0.1, 0.15) is 11.3 Å². The highest BCUT2D eigenvalue weighted by molar-refractivity contribution is 6.34. The summed E-state index contributed by atoms with van der Waals surface area (Å²) in [7, 11) is 0. The molecule has 26 heavy (non-hydrogen) atoms. The molecule has 6 heteroatoms. The van der Waals surface area contributed by atoms with Crippen molar-refractivity contribution in [3.63, 3.8) is 0 Å². The van der Waals surface area contributed by atoms with Gasteiger partial charge in [0, 0.05) is 28.5 Å². The third-order valence-corrected chi connectivity index (χ3v) is 4.62. The monoisotopic (exact) mass is 363 g/mol. The molecule has 5 nitrogen and oxygen atoms in total. The summed E-state index contributed by atoms with van der Waals surface area (Å²) in [6.45, 7) is 2.01. The van der Waals surface area contributed by atoms with Gasteiger partial charge in [0.1, 0.15) is 17.5 Å². The number of benzene rings is 2. The lowest BCUT2D eigenvalue weighted by Gasteiger charge is -2.17. The maximum Gasteiger partial charge on any atom is 0.231 e. The summed E-state index contributed by atoms with van der Waals surface area (Å²) in [5.41, 5.74) is 10.1. The van der Waals surface area contributed by atoms with Crippen molar-refractivity contribution in [2.75, 3.05) is 12.5 Å². The quantitative estimate of drug-likeness (QED) is 0.721. The molecule has 0 bridgehead atoms. The van der Waals surface area contributed by atoms with Crippen molar-refractivity contribution in [3.8, 4) is 39.8 Å². The summed E-state index contributed by atoms with van der Waals surface area (Å²) >= 11 is 6.53. The Kier molecular flexibility index (Phi) is 3.90. The Morgan fingerprint density at radius 3 is 2.50 bits per heavy atom. The van der Waals surface area contributed by atoms with E-state index in [1.807, 2.05) is 37.3 Å². The van der Waals surface area contributed by atoms with Crippen LogP contribution >= 0.6 is 11.6 Å². The number of nitriles is 1. The number of nitrogen functional groups attached to an aromatic ring is 1. The smallest absolute Gasteiger partial charge is 0.231 e. The number of aromatic nitrogens is 1. The van der Waals surface area contributed by atoms with Crippen LogP contribution in [0.4, 0.5) is 5.82 Å². The van der Waals surface area contributed by atoms with Crippen LogP contribution in [0.25, 0.3) is 22.3 Å². The summed E-state index contributed by atoms with van der Waals surface area (Å²) in [4.78, 5) is 4.37. The van der Waals surface area contributed by atoms with E-state index in [0.29, 0.717) is 27.6 Å². The van der Waals surface area contributed by atoms with Gasteiger partial charge in [-0.25, -0.2) is 4.98 Å². The largest absolute Gasteiger partial charge is 0.454 e. The van der Waals surface area contributed by atoms with E-state index in [4.69, 9.17) is 26.8 Å². The van der Waals surface area contributed by atoms with Gasteiger partial charge in [0.2, 0.25) is 6.79 Å². The van der Waals surface area contributed by atoms with Gasteiger partial charge in [-0.3, -0.25) is 0 Å². The minimum Gasteiger partial charge on any atom is -0.454 e. The molecule has 2 N–H and O–H groups in total. The Morgan fingerprint density at radius 1 is 1.12 bits per heavy atom. The second kappa shape index (κ2) is 6.25. The first-order valence-corrected chi connectivity index (χ1v) is 8.33. The number of hydrogen-bond donors (Lipinski definition) is 1. The number of fused-ring (bicyclic) bond motifs is 1. The number of anilines is 1. The first-order valence-electron chi connectivity index (χ1n) is 7.95. The van der Waals surface area contributed by atoms with Crippen molar-refractivity contribution in [1.29, 1.82) is 5.26 Å². The summed E-state index contributed by atoms with van der Waals surface area (Å²) in [5.74, 6) is 1.34. The molecule has 0 amide bonds. The second-order valence-corrected chi connectivity index (χ2v) is 6.28. The van der Waals surface area contributed by atoms with Crippen LogP contribution in [0, 0.1) is 18.3 Å². The number of aryl methyl sites for hydroxylation is 1. The molecule has 1 aromatic heterocycles. The van der Waals surface area contributed by atoms with Gasteiger partial charge >= 0.3 is 0 Å². The number of rotatable bonds is 2. The minimum absolute atomic E-state index is 0.142. The van der Waals surface area contributed by atoms with Crippen LogP contribution in [0.5, 0.6) is 11.5 Å². The molecule has 128 valence electrons. The fourth-order valence-corrected chi connectivity index (χ4v) is 3.42. The van der Waals surface area contributed by atoms with E-state index in [1.165, 1.54) is 0 Å². The predicted molar refractivity (Wildman–Crippen MR) is 100 cm³/mol. The highest BCUT2D eigenvalue weighted by Gasteiger charge is 2.24. The van der Waals surface area contributed by atoms with Crippen molar-refractivity contribution >= 4 is 17.4 Å². The molecule has 0 aliphatic carbocycles. The van der Waals surface area contributed by atoms with Gasteiger partial charge in [-0.1, -0.05) is 41.9 Å². The van der Waals surface area contributed by atoms with Crippen LogP contribution < -0.4 is 15.2 Å². The molecule has 2 aromatic carbocycles. The van der Waals surface area contributed by atoms with Gasteiger partial charge in [0.05, 0.1) is 5.02 Å². The Hall–Kier alpha value is -3.23. The number of halogens is 1. The van der Waals surface area contributed by atoms with Gasteiger partial charge < -0.3 is 15.2 Å². The molecule has 1 aliphatic heterocycles. The van der Waals surface area contributed by atoms with E-state index in [2.05, 4.69) is 11.1 Å². The van der Waals surface area contributed by atoms with Crippen LogP contribution in [0.15, 0.2) is 42.5 Å². The average molecular weight is 364 g/mol. The van der Waals surface area contributed by atoms with Crippen LogP contribution in [0.3, 0.4) is 0 Å². The molecule has 3 aromatic rings. The molecule has 0 saturated heterocycles. The molecule has 0 saturated carbocycles. The predicted octanol–water partition coefficient (Wildman–Crippen LogP) is 4.56. The van der Waals surface area contributed by atoms with E-state index in [-0.39, 0.29) is 18.2 Å². The third-order valence-electron chi connectivity index (χ3n) is 4.31. The standard InChI is InChI=1S/C20H14ClN3O2/c1-11-18(12-5-3-2-4-6-12)19(14(9-22)20(23)24-11)13-7-16-17(8-15(13)21)26-10-25-16/h2-8H,10H2,1H3,(H2,23,24). The lowest BCUT2D eigenvalue weighted by Crippen LogP contribution is -2.03. The first kappa shape index (κ1) is 16.2. The Morgan fingerprint density at radius 2 is 1.81 bits per heavy atom. The van der Waals surface area contributed by atoms with Crippen molar-refractivity contribution < 1.29 is 9.47 Å². The first-order chi connectivity index (χ1) is 12.6. The lowest BCUT2D eigenvalue weighted by atomic mass is 9.90. The number of hydrogen-bond acceptors (Lipinski definition) is 5. The summed E-state index contributed by atoms with van der Waals surface area (Å²) in [6.07, 6.45) is 0. The molecule has 0 unspecified atom stereocenters. The molecule has 0 fully saturated rings. The SMILES string of the molecule is Cc1nc(N)c(C#N)c(-c2cc3c(cc2Cl)OCO3)c1-c1ccccc1. The van der Waals surface area contributed by atoms with Gasteiger partial charge in [-0.15, -0.1) is 0 Å². The second-order valence-electron chi connectivity index (χ2n) is 5.87. The highest BCUT2D eigenvalue weighted by Crippen LogP contribution is 2.46. The Bertz CT molecular complexity index is 1060. The van der Waals surface area contributed by atoms with E-state index < -0.39 is 0 Å². The topological polar surface area (TPSA) is 81.2 Å². The van der Waals surface area contributed by atoms with Crippen LogP contribution in [-0.2, 0) is 0 Å². The average Bonchev–Trinajstić information content (AvgIpc) is 3.08. The summed E-state index contributed by atoms with van der Waals surface area (Å²) in [6, 6.07) is 15.4. The molecular weight excluding hydrogens is 350 g/mol. The fraction of sp³-hybridized carbons (Fsp3) is 0.100. The van der Waals surface area contributed by atoms with Gasteiger partial charge in [0.15, 0.2) is 11.5 Å². The summed E-state index contributed by atoms with van der Waals surface area (Å²) < 4.78 is 10.9. The molecular formula is C20H14ClN3O2. The Balaban J connectivity index is 2.09. The number of nitrogens with two attached hydrogens (primary N) is 1. The van der Waals surface area contributed by atoms with E-state index in [0.717, 1.165) is 16.8 Å². The van der Waals surface area contributed by atoms with E-state index in [1.54, 1.807) is 12.1 Å². The van der Waals surface area contributed by atoms with Gasteiger partial charge in [-0.2, -0.15) is 5.26 Å². The van der Waals surface area contributed by atoms with Crippen molar-refractivity contribution in [1.82, 2.24) is 4.98 Å². The van der Waals surface area contributed by atoms with Gasteiger partial charge in [-0.05, 0) is 18.6 Å². The van der Waals surface area contributed by atoms with E-state index >= 15 is 0 Å². The minimum atomic E-state index is 0.142. The number of nitrogens with zero attached hydrogens (tertiary/aromatic N) is 2. The zero-order valence-electron chi connectivity index (χ0n) is 13.9. The third kappa shape index (κ3) is 2.52. The van der Waals surface area contributed by atoms with Crippen molar-refractivity contribution in [2.24, 2.45) is 0 Å². The molecule has 2 heterocycles. The Labute approximate surface area is 155 Å². The zero-order chi connectivity index (χ0) is 18.3. The molecule has 1 aliphatic rings. The highest BCUT2D eigenvalue weighted by atomic mass is 35.5. The lowest BCUT2D eigenvalue weighted by molar-refractivity contribution is 0.174. The molecule has 4 rings (SSSR count). The number of ether oxygens (including phenoxy) is 2. The van der Waals surface area contributed by atoms with Crippen molar-refractivity contribution in [2.45, 2.75) is 6.92 Å². The van der Waals surface area contributed by atoms with Gasteiger partial charge in [0.25, 0.3) is 0 Å². The fourth-order valence-electron chi connectivity index (χ4n) is 3.18.